The highest BCUT2D eigenvalue weighted by Gasteiger charge is 2.21. The summed E-state index contributed by atoms with van der Waals surface area (Å²) in [5, 5.41) is 17.1. The van der Waals surface area contributed by atoms with Crippen LogP contribution in [-0.2, 0) is 14.6 Å². The molecule has 10 heteroatoms. The molecule has 0 spiro atoms. The number of nitrogens with zero attached hydrogens (tertiary/aromatic N) is 3. The number of hydrogen-bond acceptors (Lipinski definition) is 8. The van der Waals surface area contributed by atoms with Crippen molar-refractivity contribution in [3.05, 3.63) is 0 Å². The number of anilines is 1. The second kappa shape index (κ2) is 6.06. The summed E-state index contributed by atoms with van der Waals surface area (Å²) in [6, 6.07) is 0. The van der Waals surface area contributed by atoms with Crippen molar-refractivity contribution in [2.24, 2.45) is 0 Å². The zero-order valence-electron chi connectivity index (χ0n) is 9.98. The highest BCUT2D eigenvalue weighted by Crippen LogP contribution is 2.28. The van der Waals surface area contributed by atoms with Crippen molar-refractivity contribution in [1.29, 1.82) is 0 Å². The van der Waals surface area contributed by atoms with Crippen molar-refractivity contribution in [2.45, 2.75) is 10.8 Å². The van der Waals surface area contributed by atoms with E-state index in [0.717, 1.165) is 11.8 Å². The third-order valence-corrected chi connectivity index (χ3v) is 6.36. The van der Waals surface area contributed by atoms with Crippen LogP contribution in [0.1, 0.15) is 6.42 Å². The lowest BCUT2D eigenvalue weighted by molar-refractivity contribution is -0.133. The average molecular weight is 323 g/mol. The van der Waals surface area contributed by atoms with E-state index in [1.54, 1.807) is 0 Å². The van der Waals surface area contributed by atoms with Gasteiger partial charge in [-0.1, -0.05) is 23.1 Å². The topological polar surface area (TPSA) is 100 Å². The fraction of sp³-hybridized carbons (Fsp3) is 0.667. The van der Waals surface area contributed by atoms with E-state index in [4.69, 9.17) is 5.11 Å². The number of aromatic nitrogens is 2. The Kier molecular flexibility index (Phi) is 4.63. The van der Waals surface area contributed by atoms with Crippen molar-refractivity contribution in [3.8, 4) is 0 Å². The van der Waals surface area contributed by atoms with E-state index < -0.39 is 15.8 Å². The smallest absolute Gasteiger partial charge is 0.313 e. The Hall–Kier alpha value is -0.870. The molecule has 0 amide bonds. The number of carboxylic acids is 1. The molecular weight excluding hydrogens is 310 g/mol. The van der Waals surface area contributed by atoms with E-state index in [-0.39, 0.29) is 17.3 Å². The molecule has 1 aromatic heterocycles. The zero-order chi connectivity index (χ0) is 13.9. The predicted molar refractivity (Wildman–Crippen MR) is 73.8 cm³/mol. The van der Waals surface area contributed by atoms with Gasteiger partial charge in [-0.15, -0.1) is 10.2 Å². The van der Waals surface area contributed by atoms with E-state index in [1.807, 2.05) is 4.90 Å². The lowest BCUT2D eigenvalue weighted by Gasteiger charge is -2.16. The molecule has 1 saturated heterocycles. The number of sulfone groups is 1. The molecule has 2 rings (SSSR count). The van der Waals surface area contributed by atoms with Crippen LogP contribution in [0.2, 0.25) is 0 Å². The van der Waals surface area contributed by atoms with Gasteiger partial charge in [0, 0.05) is 13.1 Å². The molecule has 0 aromatic carbocycles. The molecule has 1 aliphatic heterocycles. The van der Waals surface area contributed by atoms with Crippen LogP contribution in [0.5, 0.6) is 0 Å². The van der Waals surface area contributed by atoms with Gasteiger partial charge in [-0.25, -0.2) is 8.42 Å². The van der Waals surface area contributed by atoms with Gasteiger partial charge < -0.3 is 10.0 Å². The number of rotatable bonds is 4. The monoisotopic (exact) mass is 323 g/mol. The summed E-state index contributed by atoms with van der Waals surface area (Å²) in [4.78, 5) is 12.4. The maximum Gasteiger partial charge on any atom is 0.313 e. The van der Waals surface area contributed by atoms with Crippen LogP contribution in [0.3, 0.4) is 0 Å². The number of carbonyl (C=O) groups is 1. The quantitative estimate of drug-likeness (QED) is 0.792. The Labute approximate surface area is 118 Å². The summed E-state index contributed by atoms with van der Waals surface area (Å²) in [6.45, 7) is 1.05. The minimum absolute atomic E-state index is 0.0526. The SMILES string of the molecule is O=C(O)CSc1nnc(N2CCCS(=O)(=O)CC2)s1. The normalized spacial score (nSPS) is 19.1. The maximum absolute atomic E-state index is 11.5. The minimum Gasteiger partial charge on any atom is -0.481 e. The lowest BCUT2D eigenvalue weighted by Crippen LogP contribution is -2.26. The first-order valence-corrected chi connectivity index (χ1v) is 9.22. The van der Waals surface area contributed by atoms with Gasteiger partial charge in [0.1, 0.15) is 0 Å². The maximum atomic E-state index is 11.5. The lowest BCUT2D eigenvalue weighted by atomic mass is 10.4. The third-order valence-electron chi connectivity index (χ3n) is 2.54. The molecule has 0 bridgehead atoms. The van der Waals surface area contributed by atoms with Gasteiger partial charge in [0.05, 0.1) is 17.3 Å². The Morgan fingerprint density at radius 3 is 2.89 bits per heavy atom. The Bertz CT molecular complexity index is 557. The van der Waals surface area contributed by atoms with Crippen LogP contribution < -0.4 is 4.90 Å². The molecular formula is C9H13N3O4S3. The molecule has 0 unspecified atom stereocenters. The molecule has 0 radical (unpaired) electrons. The number of carboxylic acid groups (broad SMARTS) is 1. The Balaban J connectivity index is 2.00. The van der Waals surface area contributed by atoms with E-state index in [2.05, 4.69) is 10.2 Å². The van der Waals surface area contributed by atoms with Gasteiger partial charge in [0.15, 0.2) is 14.2 Å². The van der Waals surface area contributed by atoms with E-state index in [9.17, 15) is 13.2 Å². The fourth-order valence-electron chi connectivity index (χ4n) is 1.64. The third kappa shape index (κ3) is 4.32. The summed E-state index contributed by atoms with van der Waals surface area (Å²) in [5.41, 5.74) is 0. The first-order chi connectivity index (χ1) is 8.96. The van der Waals surface area contributed by atoms with Gasteiger partial charge >= 0.3 is 5.97 Å². The number of thioether (sulfide) groups is 1. The van der Waals surface area contributed by atoms with E-state index in [0.29, 0.717) is 29.0 Å². The van der Waals surface area contributed by atoms with Gasteiger partial charge in [-0.2, -0.15) is 0 Å². The summed E-state index contributed by atoms with van der Waals surface area (Å²) < 4.78 is 23.6. The molecule has 1 aliphatic rings. The van der Waals surface area contributed by atoms with Crippen molar-refractivity contribution < 1.29 is 18.3 Å². The molecule has 106 valence electrons. The van der Waals surface area contributed by atoms with Gasteiger partial charge in [0.2, 0.25) is 5.13 Å². The first kappa shape index (κ1) is 14.5. The van der Waals surface area contributed by atoms with Crippen LogP contribution in [0.15, 0.2) is 4.34 Å². The standard InChI is InChI=1S/C9H13N3O4S3/c13-7(14)6-17-9-11-10-8(18-9)12-2-1-4-19(15,16)5-3-12/h1-6H2,(H,13,14). The minimum atomic E-state index is -2.94. The molecule has 7 nitrogen and oxygen atoms in total. The molecule has 0 saturated carbocycles. The predicted octanol–water partition coefficient (Wildman–Crippen LogP) is 0.340. The molecule has 19 heavy (non-hydrogen) atoms. The van der Waals surface area contributed by atoms with Gasteiger partial charge in [-0.3, -0.25) is 4.79 Å². The Morgan fingerprint density at radius 1 is 1.37 bits per heavy atom. The van der Waals surface area contributed by atoms with Crippen molar-refractivity contribution in [2.75, 3.05) is 35.2 Å². The highest BCUT2D eigenvalue weighted by atomic mass is 32.2. The molecule has 2 heterocycles. The summed E-state index contributed by atoms with van der Waals surface area (Å²) in [6.07, 6.45) is 0.583. The van der Waals surface area contributed by atoms with Crippen LogP contribution in [-0.4, -0.2) is 60.0 Å². The van der Waals surface area contributed by atoms with Crippen LogP contribution in [0.25, 0.3) is 0 Å². The largest absolute Gasteiger partial charge is 0.481 e. The van der Waals surface area contributed by atoms with E-state index in [1.165, 1.54) is 11.3 Å². The molecule has 1 aromatic rings. The molecule has 1 fully saturated rings. The summed E-state index contributed by atoms with van der Waals surface area (Å²) >= 11 is 2.42. The summed E-state index contributed by atoms with van der Waals surface area (Å²) in [7, 11) is -2.94. The number of hydrogen-bond donors (Lipinski definition) is 1. The molecule has 0 atom stereocenters. The molecule has 0 aliphatic carbocycles. The van der Waals surface area contributed by atoms with Gasteiger partial charge in [-0.05, 0) is 6.42 Å². The first-order valence-electron chi connectivity index (χ1n) is 5.60. The van der Waals surface area contributed by atoms with Gasteiger partial charge in [0.25, 0.3) is 0 Å². The van der Waals surface area contributed by atoms with Crippen LogP contribution >= 0.6 is 23.1 Å². The van der Waals surface area contributed by atoms with Crippen LogP contribution in [0, 0.1) is 0 Å². The summed E-state index contributed by atoms with van der Waals surface area (Å²) in [5.74, 6) is -0.613. The second-order valence-corrected chi connectivity index (χ2v) is 8.51. The fourth-order valence-corrected chi connectivity index (χ4v) is 4.53. The second-order valence-electron chi connectivity index (χ2n) is 4.03. The van der Waals surface area contributed by atoms with Crippen molar-refractivity contribution >= 4 is 44.0 Å². The van der Waals surface area contributed by atoms with E-state index >= 15 is 0 Å². The molecule has 1 N–H and O–H groups in total. The zero-order valence-corrected chi connectivity index (χ0v) is 12.4. The van der Waals surface area contributed by atoms with Crippen molar-refractivity contribution in [1.82, 2.24) is 10.2 Å². The Morgan fingerprint density at radius 2 is 2.16 bits per heavy atom. The van der Waals surface area contributed by atoms with Crippen molar-refractivity contribution in [3.63, 3.8) is 0 Å². The average Bonchev–Trinajstić information content (AvgIpc) is 2.72. The number of aliphatic carboxylic acids is 1. The highest BCUT2D eigenvalue weighted by molar-refractivity contribution is 8.01. The van der Waals surface area contributed by atoms with Crippen LogP contribution in [0.4, 0.5) is 5.13 Å².